The second-order valence-corrected chi connectivity index (χ2v) is 6.11. The first-order chi connectivity index (χ1) is 8.72. The molecule has 1 fully saturated rings. The van der Waals surface area contributed by atoms with Gasteiger partial charge in [0.15, 0.2) is 0 Å². The van der Waals surface area contributed by atoms with Gasteiger partial charge in [-0.2, -0.15) is 0 Å². The summed E-state index contributed by atoms with van der Waals surface area (Å²) in [7, 11) is 1.98. The second-order valence-electron chi connectivity index (χ2n) is 5.25. The van der Waals surface area contributed by atoms with Crippen LogP contribution in [0.4, 0.5) is 0 Å². The van der Waals surface area contributed by atoms with Crippen LogP contribution in [0.5, 0.6) is 0 Å². The Morgan fingerprint density at radius 2 is 2.28 bits per heavy atom. The molecule has 1 unspecified atom stereocenters. The van der Waals surface area contributed by atoms with E-state index in [1.807, 2.05) is 7.05 Å². The molecule has 0 bridgehead atoms. The normalized spacial score (nSPS) is 20.5. The van der Waals surface area contributed by atoms with E-state index in [1.54, 1.807) is 0 Å². The van der Waals surface area contributed by atoms with Crippen LogP contribution in [0.15, 0.2) is 22.7 Å². The molecule has 18 heavy (non-hydrogen) atoms. The van der Waals surface area contributed by atoms with E-state index in [2.05, 4.69) is 51.3 Å². The summed E-state index contributed by atoms with van der Waals surface area (Å²) in [6.45, 7) is 6.83. The minimum Gasteiger partial charge on any atom is -0.316 e. The van der Waals surface area contributed by atoms with E-state index in [1.165, 1.54) is 41.5 Å². The lowest BCUT2D eigenvalue weighted by molar-refractivity contribution is 0.314. The predicted molar refractivity (Wildman–Crippen MR) is 80.6 cm³/mol. The van der Waals surface area contributed by atoms with Crippen molar-refractivity contribution in [3.05, 3.63) is 33.8 Å². The fraction of sp³-hybridized carbons (Fsp3) is 0.600. The molecule has 1 aliphatic heterocycles. The molecule has 1 aromatic carbocycles. The first-order valence-electron chi connectivity index (χ1n) is 6.87. The minimum absolute atomic E-state index is 0.910. The van der Waals surface area contributed by atoms with Gasteiger partial charge in [0.1, 0.15) is 0 Å². The smallest absolute Gasteiger partial charge is 0.0245 e. The molecule has 1 aliphatic rings. The third-order valence-electron chi connectivity index (χ3n) is 3.84. The number of likely N-dealkylation sites (tertiary alicyclic amines) is 1. The third-order valence-corrected chi connectivity index (χ3v) is 4.58. The van der Waals surface area contributed by atoms with Gasteiger partial charge in [-0.3, -0.25) is 4.90 Å². The molecule has 0 spiro atoms. The molecule has 0 aliphatic carbocycles. The largest absolute Gasteiger partial charge is 0.316 e. The predicted octanol–water partition coefficient (Wildman–Crippen LogP) is 3.40. The van der Waals surface area contributed by atoms with Crippen molar-refractivity contribution in [2.45, 2.75) is 32.9 Å². The molecule has 1 aromatic rings. The lowest BCUT2D eigenvalue weighted by Crippen LogP contribution is -2.20. The van der Waals surface area contributed by atoms with Crippen molar-refractivity contribution in [3.63, 3.8) is 0 Å². The van der Waals surface area contributed by atoms with Crippen LogP contribution in [-0.4, -0.2) is 25.0 Å². The molecule has 0 aromatic heterocycles. The highest BCUT2D eigenvalue weighted by atomic mass is 79.9. The maximum Gasteiger partial charge on any atom is 0.0245 e. The van der Waals surface area contributed by atoms with Gasteiger partial charge in [0.05, 0.1) is 0 Å². The molecular weight excluding hydrogens is 288 g/mol. The van der Waals surface area contributed by atoms with Crippen LogP contribution in [0.25, 0.3) is 0 Å². The Labute approximate surface area is 119 Å². The molecular formula is C15H23BrN2. The molecule has 2 rings (SSSR count). The summed E-state index contributed by atoms with van der Waals surface area (Å²) in [6, 6.07) is 6.72. The van der Waals surface area contributed by atoms with Gasteiger partial charge in [-0.15, -0.1) is 0 Å². The summed E-state index contributed by atoms with van der Waals surface area (Å²) < 4.78 is 1.25. The van der Waals surface area contributed by atoms with Crippen LogP contribution < -0.4 is 5.32 Å². The van der Waals surface area contributed by atoms with Gasteiger partial charge in [-0.25, -0.2) is 0 Å². The number of nitrogens with one attached hydrogen (secondary N) is 1. The Bertz CT molecular complexity index is 392. The first-order valence-corrected chi connectivity index (χ1v) is 7.66. The Morgan fingerprint density at radius 1 is 1.44 bits per heavy atom. The third kappa shape index (κ3) is 3.56. The van der Waals surface area contributed by atoms with Gasteiger partial charge >= 0.3 is 0 Å². The number of benzene rings is 1. The van der Waals surface area contributed by atoms with Crippen molar-refractivity contribution in [1.82, 2.24) is 10.2 Å². The highest BCUT2D eigenvalue weighted by Crippen LogP contribution is 2.25. The van der Waals surface area contributed by atoms with E-state index in [0.29, 0.717) is 0 Å². The molecule has 0 radical (unpaired) electrons. The molecule has 1 N–H and O–H groups in total. The van der Waals surface area contributed by atoms with Gasteiger partial charge in [-0.05, 0) is 43.1 Å². The number of hydrogen-bond acceptors (Lipinski definition) is 2. The lowest BCUT2D eigenvalue weighted by atomic mass is 10.1. The Kier molecular flexibility index (Phi) is 5.22. The molecule has 1 saturated heterocycles. The van der Waals surface area contributed by atoms with Crippen molar-refractivity contribution in [1.29, 1.82) is 0 Å². The summed E-state index contributed by atoms with van der Waals surface area (Å²) in [4.78, 5) is 2.58. The van der Waals surface area contributed by atoms with Crippen LogP contribution in [0.3, 0.4) is 0 Å². The molecule has 100 valence electrons. The standard InChI is InChI=1S/C15H23BrN2/c1-3-12-6-7-18(10-12)11-14-5-4-13(9-17-2)8-15(14)16/h4-5,8,12,17H,3,6-7,9-11H2,1-2H3. The van der Waals surface area contributed by atoms with Gasteiger partial charge < -0.3 is 5.32 Å². The van der Waals surface area contributed by atoms with E-state index in [-0.39, 0.29) is 0 Å². The van der Waals surface area contributed by atoms with Crippen molar-refractivity contribution < 1.29 is 0 Å². The van der Waals surface area contributed by atoms with Crippen LogP contribution in [0.1, 0.15) is 30.9 Å². The maximum atomic E-state index is 3.70. The average molecular weight is 311 g/mol. The van der Waals surface area contributed by atoms with Crippen LogP contribution >= 0.6 is 15.9 Å². The Hall–Kier alpha value is -0.380. The number of nitrogens with zero attached hydrogens (tertiary/aromatic N) is 1. The van der Waals surface area contributed by atoms with Crippen molar-refractivity contribution in [2.75, 3.05) is 20.1 Å². The average Bonchev–Trinajstić information content (AvgIpc) is 2.81. The molecule has 2 nitrogen and oxygen atoms in total. The number of rotatable bonds is 5. The molecule has 1 atom stereocenters. The number of halogens is 1. The highest BCUT2D eigenvalue weighted by molar-refractivity contribution is 9.10. The fourth-order valence-electron chi connectivity index (χ4n) is 2.66. The van der Waals surface area contributed by atoms with E-state index in [9.17, 15) is 0 Å². The second kappa shape index (κ2) is 6.69. The van der Waals surface area contributed by atoms with E-state index >= 15 is 0 Å². The molecule has 0 amide bonds. The first kappa shape index (κ1) is 14.0. The zero-order valence-corrected chi connectivity index (χ0v) is 13.0. The SMILES string of the molecule is CCC1CCN(Cc2ccc(CNC)cc2Br)C1. The molecule has 1 heterocycles. The Balaban J connectivity index is 1.97. The monoisotopic (exact) mass is 310 g/mol. The topological polar surface area (TPSA) is 15.3 Å². The number of hydrogen-bond donors (Lipinski definition) is 1. The van der Waals surface area contributed by atoms with Gasteiger partial charge in [0.2, 0.25) is 0 Å². The minimum atomic E-state index is 0.910. The quantitative estimate of drug-likeness (QED) is 0.896. The summed E-state index contributed by atoms with van der Waals surface area (Å²) >= 11 is 3.70. The zero-order valence-electron chi connectivity index (χ0n) is 11.4. The van der Waals surface area contributed by atoms with Crippen LogP contribution in [0.2, 0.25) is 0 Å². The van der Waals surface area contributed by atoms with Crippen LogP contribution in [-0.2, 0) is 13.1 Å². The van der Waals surface area contributed by atoms with Crippen LogP contribution in [0, 0.1) is 5.92 Å². The summed E-state index contributed by atoms with van der Waals surface area (Å²) in [6.07, 6.45) is 2.69. The van der Waals surface area contributed by atoms with Crippen molar-refractivity contribution in [3.8, 4) is 0 Å². The summed E-state index contributed by atoms with van der Waals surface area (Å²) in [5, 5.41) is 3.19. The van der Waals surface area contributed by atoms with Gasteiger partial charge in [0, 0.05) is 24.1 Å². The van der Waals surface area contributed by atoms with Gasteiger partial charge in [-0.1, -0.05) is 41.4 Å². The fourth-order valence-corrected chi connectivity index (χ4v) is 3.22. The summed E-state index contributed by atoms with van der Waals surface area (Å²) in [5.74, 6) is 0.910. The van der Waals surface area contributed by atoms with E-state index < -0.39 is 0 Å². The molecule has 3 heteroatoms. The van der Waals surface area contributed by atoms with E-state index in [4.69, 9.17) is 0 Å². The summed E-state index contributed by atoms with van der Waals surface area (Å²) in [5.41, 5.74) is 2.74. The van der Waals surface area contributed by atoms with E-state index in [0.717, 1.165) is 19.0 Å². The van der Waals surface area contributed by atoms with Crippen molar-refractivity contribution >= 4 is 15.9 Å². The van der Waals surface area contributed by atoms with Crippen molar-refractivity contribution in [2.24, 2.45) is 5.92 Å². The molecule has 0 saturated carbocycles. The zero-order chi connectivity index (χ0) is 13.0. The highest BCUT2D eigenvalue weighted by Gasteiger charge is 2.21. The lowest BCUT2D eigenvalue weighted by Gasteiger charge is -2.17. The maximum absolute atomic E-state index is 3.70. The van der Waals surface area contributed by atoms with Gasteiger partial charge in [0.25, 0.3) is 0 Å². The Morgan fingerprint density at radius 3 is 2.89 bits per heavy atom.